The molecule has 0 unspecified atom stereocenters. The summed E-state index contributed by atoms with van der Waals surface area (Å²) in [7, 11) is 1.53. The molecule has 0 aromatic heterocycles. The summed E-state index contributed by atoms with van der Waals surface area (Å²) in [6.07, 6.45) is 0. The summed E-state index contributed by atoms with van der Waals surface area (Å²) in [5.74, 6) is 0.339. The Kier molecular flexibility index (Phi) is 4.06. The number of rotatable bonds is 3. The zero-order valence-corrected chi connectivity index (χ0v) is 11.9. The third-order valence-electron chi connectivity index (χ3n) is 2.57. The summed E-state index contributed by atoms with van der Waals surface area (Å²) in [6.45, 7) is 0. The van der Waals surface area contributed by atoms with Crippen LogP contribution in [0.25, 0.3) is 0 Å². The molecule has 3 N–H and O–H groups in total. The molecule has 2 rings (SSSR count). The van der Waals surface area contributed by atoms with Crippen molar-refractivity contribution in [1.29, 1.82) is 0 Å². The normalized spacial score (nSPS) is 10.0. The van der Waals surface area contributed by atoms with Gasteiger partial charge in [-0.05, 0) is 36.4 Å². The van der Waals surface area contributed by atoms with Crippen molar-refractivity contribution in [3.63, 3.8) is 0 Å². The first-order chi connectivity index (χ1) is 9.10. The van der Waals surface area contributed by atoms with E-state index in [1.54, 1.807) is 18.2 Å². The zero-order chi connectivity index (χ0) is 13.8. The summed E-state index contributed by atoms with van der Waals surface area (Å²) in [5.41, 5.74) is 7.41. The number of anilines is 2. The summed E-state index contributed by atoms with van der Waals surface area (Å²) in [4.78, 5) is 12.1. The Morgan fingerprint density at radius 2 is 2.05 bits per heavy atom. The van der Waals surface area contributed by atoms with Crippen LogP contribution in [-0.4, -0.2) is 13.0 Å². The molecule has 0 aliphatic heterocycles. The highest BCUT2D eigenvalue weighted by atomic mass is 79.9. The first kappa shape index (κ1) is 13.4. The summed E-state index contributed by atoms with van der Waals surface area (Å²) in [5, 5.41) is 2.80. The Labute approximate surface area is 119 Å². The van der Waals surface area contributed by atoms with Gasteiger partial charge in [0.2, 0.25) is 0 Å². The third-order valence-corrected chi connectivity index (χ3v) is 3.07. The lowest BCUT2D eigenvalue weighted by Crippen LogP contribution is -2.12. The molecule has 0 radical (unpaired) electrons. The van der Waals surface area contributed by atoms with E-state index in [9.17, 15) is 4.79 Å². The van der Waals surface area contributed by atoms with E-state index in [0.29, 0.717) is 22.7 Å². The van der Waals surface area contributed by atoms with E-state index in [-0.39, 0.29) is 5.91 Å². The van der Waals surface area contributed by atoms with Gasteiger partial charge in [-0.15, -0.1) is 0 Å². The molecule has 0 spiro atoms. The van der Waals surface area contributed by atoms with Crippen LogP contribution in [0.1, 0.15) is 10.4 Å². The number of halogens is 1. The molecule has 2 aromatic rings. The van der Waals surface area contributed by atoms with Crippen molar-refractivity contribution < 1.29 is 9.53 Å². The molecule has 98 valence electrons. The number of hydrogen-bond donors (Lipinski definition) is 2. The van der Waals surface area contributed by atoms with Crippen molar-refractivity contribution >= 4 is 33.2 Å². The second-order valence-corrected chi connectivity index (χ2v) is 4.84. The summed E-state index contributed by atoms with van der Waals surface area (Å²) >= 11 is 3.35. The number of carbonyl (C=O) groups is 1. The molecule has 2 aromatic carbocycles. The Bertz CT molecular complexity index is 614. The number of nitrogens with two attached hydrogens (primary N) is 1. The van der Waals surface area contributed by atoms with E-state index in [4.69, 9.17) is 10.5 Å². The van der Waals surface area contributed by atoms with Crippen LogP contribution in [0, 0.1) is 0 Å². The number of ether oxygens (including phenoxy) is 1. The average Bonchev–Trinajstić information content (AvgIpc) is 2.38. The minimum absolute atomic E-state index is 0.215. The molecule has 1 amide bonds. The van der Waals surface area contributed by atoms with Crippen molar-refractivity contribution in [2.75, 3.05) is 18.2 Å². The van der Waals surface area contributed by atoms with Crippen molar-refractivity contribution in [3.05, 3.63) is 52.5 Å². The minimum Gasteiger partial charge on any atom is -0.495 e. The highest BCUT2D eigenvalue weighted by Crippen LogP contribution is 2.23. The van der Waals surface area contributed by atoms with E-state index in [0.717, 1.165) is 4.47 Å². The van der Waals surface area contributed by atoms with Gasteiger partial charge in [0.25, 0.3) is 5.91 Å². The predicted molar refractivity (Wildman–Crippen MR) is 79.5 cm³/mol. The number of amides is 1. The number of hydrogen-bond acceptors (Lipinski definition) is 3. The fraction of sp³-hybridized carbons (Fsp3) is 0.0714. The molecule has 4 nitrogen and oxygen atoms in total. The van der Waals surface area contributed by atoms with Crippen LogP contribution in [-0.2, 0) is 0 Å². The van der Waals surface area contributed by atoms with Crippen molar-refractivity contribution in [2.24, 2.45) is 0 Å². The number of benzene rings is 2. The molecule has 0 saturated heterocycles. The minimum atomic E-state index is -0.215. The van der Waals surface area contributed by atoms with E-state index in [1.165, 1.54) is 7.11 Å². The van der Waals surface area contributed by atoms with Crippen LogP contribution in [0.3, 0.4) is 0 Å². The molecule has 0 saturated carbocycles. The number of nitrogens with one attached hydrogen (secondary N) is 1. The lowest BCUT2D eigenvalue weighted by Gasteiger charge is -2.08. The number of carbonyl (C=O) groups excluding carboxylic acids is 1. The quantitative estimate of drug-likeness (QED) is 0.853. The molecule has 0 heterocycles. The molecule has 0 fully saturated rings. The van der Waals surface area contributed by atoms with Crippen LogP contribution < -0.4 is 15.8 Å². The maximum atomic E-state index is 12.1. The topological polar surface area (TPSA) is 64.3 Å². The van der Waals surface area contributed by atoms with Crippen LogP contribution in [0.4, 0.5) is 11.4 Å². The molecule has 19 heavy (non-hydrogen) atoms. The maximum Gasteiger partial charge on any atom is 0.255 e. The first-order valence-corrected chi connectivity index (χ1v) is 6.40. The first-order valence-electron chi connectivity index (χ1n) is 5.60. The van der Waals surface area contributed by atoms with E-state index >= 15 is 0 Å². The van der Waals surface area contributed by atoms with Crippen molar-refractivity contribution in [1.82, 2.24) is 0 Å². The predicted octanol–water partition coefficient (Wildman–Crippen LogP) is 3.29. The zero-order valence-electron chi connectivity index (χ0n) is 10.3. The standard InChI is InChI=1S/C14H13BrN2O2/c1-19-13-6-5-9(7-12(13)16)14(18)17-11-4-2-3-10(15)8-11/h2-8H,16H2,1H3,(H,17,18). The summed E-state index contributed by atoms with van der Waals surface area (Å²) in [6, 6.07) is 12.3. The van der Waals surface area contributed by atoms with Gasteiger partial charge < -0.3 is 15.8 Å². The third kappa shape index (κ3) is 3.26. The van der Waals surface area contributed by atoms with Gasteiger partial charge in [-0.3, -0.25) is 4.79 Å². The fourth-order valence-electron chi connectivity index (χ4n) is 1.65. The lowest BCUT2D eigenvalue weighted by atomic mass is 10.1. The SMILES string of the molecule is COc1ccc(C(=O)Nc2cccc(Br)c2)cc1N. The smallest absolute Gasteiger partial charge is 0.255 e. The molecule has 0 atom stereocenters. The van der Waals surface area contributed by atoms with E-state index in [2.05, 4.69) is 21.2 Å². The van der Waals surface area contributed by atoms with Gasteiger partial charge in [0.15, 0.2) is 0 Å². The molecule has 0 aliphatic carbocycles. The second kappa shape index (κ2) is 5.75. The van der Waals surface area contributed by atoms with Crippen LogP contribution in [0.15, 0.2) is 46.9 Å². The van der Waals surface area contributed by atoms with Gasteiger partial charge in [-0.1, -0.05) is 22.0 Å². The maximum absolute atomic E-state index is 12.1. The van der Waals surface area contributed by atoms with Gasteiger partial charge in [0, 0.05) is 15.7 Å². The van der Waals surface area contributed by atoms with Crippen LogP contribution in [0.2, 0.25) is 0 Å². The number of methoxy groups -OCH3 is 1. The average molecular weight is 321 g/mol. The Morgan fingerprint density at radius 1 is 1.26 bits per heavy atom. The second-order valence-electron chi connectivity index (χ2n) is 3.92. The molecule has 0 bridgehead atoms. The van der Waals surface area contributed by atoms with Gasteiger partial charge in [-0.2, -0.15) is 0 Å². The lowest BCUT2D eigenvalue weighted by molar-refractivity contribution is 0.102. The van der Waals surface area contributed by atoms with Gasteiger partial charge in [0.1, 0.15) is 5.75 Å². The molecular formula is C14H13BrN2O2. The van der Waals surface area contributed by atoms with Gasteiger partial charge in [-0.25, -0.2) is 0 Å². The van der Waals surface area contributed by atoms with Crippen molar-refractivity contribution in [3.8, 4) is 5.75 Å². The Hall–Kier alpha value is -2.01. The van der Waals surface area contributed by atoms with E-state index in [1.807, 2.05) is 24.3 Å². The Balaban J connectivity index is 2.18. The largest absolute Gasteiger partial charge is 0.495 e. The molecule has 5 heteroatoms. The fourth-order valence-corrected chi connectivity index (χ4v) is 2.04. The summed E-state index contributed by atoms with van der Waals surface area (Å²) < 4.78 is 5.95. The van der Waals surface area contributed by atoms with Gasteiger partial charge in [0.05, 0.1) is 12.8 Å². The van der Waals surface area contributed by atoms with Crippen LogP contribution >= 0.6 is 15.9 Å². The van der Waals surface area contributed by atoms with Crippen LogP contribution in [0.5, 0.6) is 5.75 Å². The van der Waals surface area contributed by atoms with E-state index < -0.39 is 0 Å². The monoisotopic (exact) mass is 320 g/mol. The number of nitrogen functional groups attached to an aromatic ring is 1. The Morgan fingerprint density at radius 3 is 2.68 bits per heavy atom. The van der Waals surface area contributed by atoms with Crippen molar-refractivity contribution in [2.45, 2.75) is 0 Å². The molecular weight excluding hydrogens is 308 g/mol. The van der Waals surface area contributed by atoms with Gasteiger partial charge >= 0.3 is 0 Å². The highest BCUT2D eigenvalue weighted by molar-refractivity contribution is 9.10. The molecule has 0 aliphatic rings. The highest BCUT2D eigenvalue weighted by Gasteiger charge is 2.09.